The third kappa shape index (κ3) is 3.16. The Labute approximate surface area is 95.5 Å². The molecule has 1 aromatic rings. The molecule has 1 saturated carbocycles. The van der Waals surface area contributed by atoms with E-state index >= 15 is 0 Å². The van der Waals surface area contributed by atoms with Gasteiger partial charge in [-0.2, -0.15) is 4.37 Å². The quantitative estimate of drug-likeness (QED) is 0.835. The summed E-state index contributed by atoms with van der Waals surface area (Å²) < 4.78 is 4.33. The van der Waals surface area contributed by atoms with E-state index in [0.29, 0.717) is 12.0 Å². The summed E-state index contributed by atoms with van der Waals surface area (Å²) in [6, 6.07) is 0.533. The Morgan fingerprint density at radius 3 is 2.67 bits per heavy atom. The molecule has 0 bridgehead atoms. The number of hydrogen-bond donors (Lipinski definition) is 1. The van der Waals surface area contributed by atoms with Gasteiger partial charge in [0.2, 0.25) is 5.13 Å². The van der Waals surface area contributed by atoms with Crippen LogP contribution < -0.4 is 5.32 Å². The molecule has 15 heavy (non-hydrogen) atoms. The summed E-state index contributed by atoms with van der Waals surface area (Å²) in [5.74, 6) is 2.35. The van der Waals surface area contributed by atoms with Crippen molar-refractivity contribution in [2.75, 3.05) is 5.32 Å². The van der Waals surface area contributed by atoms with Crippen molar-refractivity contribution < 1.29 is 0 Å². The van der Waals surface area contributed by atoms with Crippen LogP contribution in [-0.2, 0) is 0 Å². The van der Waals surface area contributed by atoms with Crippen molar-refractivity contribution in [1.82, 2.24) is 9.36 Å². The lowest BCUT2D eigenvalue weighted by Gasteiger charge is -2.11. The fourth-order valence-electron chi connectivity index (χ4n) is 1.65. The lowest BCUT2D eigenvalue weighted by atomic mass is 10.2. The summed E-state index contributed by atoms with van der Waals surface area (Å²) >= 11 is 1.48. The van der Waals surface area contributed by atoms with Crippen molar-refractivity contribution in [3.63, 3.8) is 0 Å². The van der Waals surface area contributed by atoms with Crippen LogP contribution in [0.5, 0.6) is 0 Å². The van der Waals surface area contributed by atoms with Gasteiger partial charge in [0.1, 0.15) is 5.82 Å². The Balaban J connectivity index is 1.85. The Morgan fingerprint density at radius 2 is 2.13 bits per heavy atom. The molecule has 1 aromatic heterocycles. The van der Waals surface area contributed by atoms with Gasteiger partial charge in [0, 0.05) is 23.5 Å². The SMILES string of the molecule is CC(CC1CC1)Nc1nc(C(C)C)ns1. The number of nitrogens with one attached hydrogen (secondary N) is 1. The van der Waals surface area contributed by atoms with E-state index in [2.05, 4.69) is 35.4 Å². The molecule has 0 radical (unpaired) electrons. The first-order valence-electron chi connectivity index (χ1n) is 5.75. The third-order valence-corrected chi connectivity index (χ3v) is 3.37. The maximum atomic E-state index is 4.47. The average Bonchev–Trinajstić information content (AvgIpc) is 2.82. The number of rotatable bonds is 5. The topological polar surface area (TPSA) is 37.8 Å². The van der Waals surface area contributed by atoms with E-state index in [4.69, 9.17) is 0 Å². The summed E-state index contributed by atoms with van der Waals surface area (Å²) in [6.07, 6.45) is 4.11. The van der Waals surface area contributed by atoms with Gasteiger partial charge in [0.05, 0.1) is 0 Å². The molecule has 0 aromatic carbocycles. The smallest absolute Gasteiger partial charge is 0.202 e. The maximum Gasteiger partial charge on any atom is 0.202 e. The van der Waals surface area contributed by atoms with E-state index in [-0.39, 0.29) is 0 Å². The highest BCUT2D eigenvalue weighted by Crippen LogP contribution is 2.34. The Bertz CT molecular complexity index is 317. The Kier molecular flexibility index (Phi) is 3.24. The molecule has 1 aliphatic rings. The minimum absolute atomic E-state index is 0.426. The summed E-state index contributed by atoms with van der Waals surface area (Å²) in [5, 5.41) is 4.41. The van der Waals surface area contributed by atoms with Gasteiger partial charge < -0.3 is 5.32 Å². The van der Waals surface area contributed by atoms with Gasteiger partial charge in [0.25, 0.3) is 0 Å². The Morgan fingerprint density at radius 1 is 1.40 bits per heavy atom. The number of hydrogen-bond acceptors (Lipinski definition) is 4. The summed E-state index contributed by atoms with van der Waals surface area (Å²) in [5.41, 5.74) is 0. The molecular formula is C11H19N3S. The predicted molar refractivity (Wildman–Crippen MR) is 64.4 cm³/mol. The molecule has 1 atom stereocenters. The monoisotopic (exact) mass is 225 g/mol. The molecule has 0 spiro atoms. The second-order valence-electron chi connectivity index (χ2n) is 4.84. The average molecular weight is 225 g/mol. The molecule has 1 heterocycles. The molecule has 3 nitrogen and oxygen atoms in total. The van der Waals surface area contributed by atoms with Crippen LogP contribution in [0.15, 0.2) is 0 Å². The van der Waals surface area contributed by atoms with Gasteiger partial charge in [0.15, 0.2) is 0 Å². The molecule has 0 aliphatic heterocycles. The van der Waals surface area contributed by atoms with Crippen molar-refractivity contribution in [3.05, 3.63) is 5.82 Å². The van der Waals surface area contributed by atoms with Gasteiger partial charge in [-0.1, -0.05) is 26.7 Å². The predicted octanol–water partition coefficient (Wildman–Crippen LogP) is 3.26. The second kappa shape index (κ2) is 4.47. The third-order valence-electron chi connectivity index (χ3n) is 2.71. The zero-order chi connectivity index (χ0) is 10.8. The van der Waals surface area contributed by atoms with E-state index in [1.807, 2.05) is 0 Å². The normalized spacial score (nSPS) is 18.1. The van der Waals surface area contributed by atoms with Crippen LogP contribution in [0.2, 0.25) is 0 Å². The zero-order valence-corrected chi connectivity index (χ0v) is 10.5. The van der Waals surface area contributed by atoms with Crippen molar-refractivity contribution in [3.8, 4) is 0 Å². The van der Waals surface area contributed by atoms with Crippen LogP contribution in [0, 0.1) is 5.92 Å². The zero-order valence-electron chi connectivity index (χ0n) is 9.66. The highest BCUT2D eigenvalue weighted by atomic mass is 32.1. The number of aromatic nitrogens is 2. The highest BCUT2D eigenvalue weighted by molar-refractivity contribution is 7.09. The van der Waals surface area contributed by atoms with Crippen molar-refractivity contribution in [1.29, 1.82) is 0 Å². The van der Waals surface area contributed by atoms with Crippen LogP contribution in [0.1, 0.15) is 51.8 Å². The molecule has 1 unspecified atom stereocenters. The molecule has 84 valence electrons. The summed E-state index contributed by atoms with van der Waals surface area (Å²) in [4.78, 5) is 4.47. The lowest BCUT2D eigenvalue weighted by molar-refractivity contribution is 0.641. The van der Waals surface area contributed by atoms with Gasteiger partial charge in [-0.3, -0.25) is 0 Å². The minimum Gasteiger partial charge on any atom is -0.358 e. The van der Waals surface area contributed by atoms with Crippen LogP contribution in [0.25, 0.3) is 0 Å². The first-order valence-corrected chi connectivity index (χ1v) is 6.52. The van der Waals surface area contributed by atoms with Crippen LogP contribution in [-0.4, -0.2) is 15.4 Å². The van der Waals surface area contributed by atoms with Crippen LogP contribution >= 0.6 is 11.5 Å². The van der Waals surface area contributed by atoms with Gasteiger partial charge in [-0.25, -0.2) is 4.98 Å². The van der Waals surface area contributed by atoms with Crippen molar-refractivity contribution in [2.45, 2.75) is 52.0 Å². The second-order valence-corrected chi connectivity index (χ2v) is 5.59. The van der Waals surface area contributed by atoms with E-state index < -0.39 is 0 Å². The van der Waals surface area contributed by atoms with E-state index in [1.54, 1.807) is 0 Å². The van der Waals surface area contributed by atoms with Gasteiger partial charge in [-0.15, -0.1) is 0 Å². The van der Waals surface area contributed by atoms with Gasteiger partial charge >= 0.3 is 0 Å². The number of nitrogens with zero attached hydrogens (tertiary/aromatic N) is 2. The first-order chi connectivity index (χ1) is 7.15. The highest BCUT2D eigenvalue weighted by Gasteiger charge is 2.23. The van der Waals surface area contributed by atoms with Crippen LogP contribution in [0.3, 0.4) is 0 Å². The van der Waals surface area contributed by atoms with Crippen molar-refractivity contribution in [2.24, 2.45) is 5.92 Å². The van der Waals surface area contributed by atoms with Crippen LogP contribution in [0.4, 0.5) is 5.13 Å². The van der Waals surface area contributed by atoms with Crippen molar-refractivity contribution >= 4 is 16.7 Å². The van der Waals surface area contributed by atoms with E-state index in [1.165, 1.54) is 30.8 Å². The molecule has 0 amide bonds. The fraction of sp³-hybridized carbons (Fsp3) is 0.818. The molecular weight excluding hydrogens is 206 g/mol. The number of anilines is 1. The molecule has 1 aliphatic carbocycles. The molecule has 1 N–H and O–H groups in total. The summed E-state index contributed by atoms with van der Waals surface area (Å²) in [7, 11) is 0. The van der Waals surface area contributed by atoms with Gasteiger partial charge in [-0.05, 0) is 19.3 Å². The maximum absolute atomic E-state index is 4.47. The molecule has 2 rings (SSSR count). The lowest BCUT2D eigenvalue weighted by Crippen LogP contribution is -2.15. The fourth-order valence-corrected chi connectivity index (χ4v) is 2.47. The molecule has 0 saturated heterocycles. The Hall–Kier alpha value is -0.640. The summed E-state index contributed by atoms with van der Waals surface area (Å²) in [6.45, 7) is 6.48. The standard InChI is InChI=1S/C11H19N3S/c1-7(2)10-13-11(15-14-10)12-8(3)6-9-4-5-9/h7-9H,4-6H2,1-3H3,(H,12,13,14). The van der Waals surface area contributed by atoms with E-state index in [9.17, 15) is 0 Å². The van der Waals surface area contributed by atoms with E-state index in [0.717, 1.165) is 16.9 Å². The minimum atomic E-state index is 0.426. The largest absolute Gasteiger partial charge is 0.358 e. The molecule has 4 heteroatoms. The molecule has 1 fully saturated rings. The first kappa shape index (κ1) is 10.9.